The predicted molar refractivity (Wildman–Crippen MR) is 142 cm³/mol. The predicted octanol–water partition coefficient (Wildman–Crippen LogP) is 5.19. The molecule has 1 unspecified atom stereocenters. The Morgan fingerprint density at radius 2 is 1.92 bits per heavy atom. The number of amides is 1. The van der Waals surface area contributed by atoms with Crippen LogP contribution in [0.1, 0.15) is 24.1 Å². The van der Waals surface area contributed by atoms with Crippen LogP contribution in [0.25, 0.3) is 16.0 Å². The molecule has 188 valence electrons. The summed E-state index contributed by atoms with van der Waals surface area (Å²) in [6.07, 6.45) is 2.95. The van der Waals surface area contributed by atoms with Gasteiger partial charge in [0.2, 0.25) is 0 Å². The van der Waals surface area contributed by atoms with Crippen molar-refractivity contribution < 1.29 is 29.3 Å². The monoisotopic (exact) mass is 581 g/mol. The lowest BCUT2D eigenvalue weighted by molar-refractivity contribution is -0.132. The Morgan fingerprint density at radius 3 is 2.62 bits per heavy atom. The fourth-order valence-electron chi connectivity index (χ4n) is 4.17. The van der Waals surface area contributed by atoms with Crippen LogP contribution in [-0.4, -0.2) is 45.6 Å². The third kappa shape index (κ3) is 4.30. The first-order chi connectivity index (χ1) is 17.8. The average Bonchev–Trinajstić information content (AvgIpc) is 3.43. The fourth-order valence-corrected chi connectivity index (χ4v) is 5.65. The fraction of sp³-hybridized carbons (Fsp3) is 0.154. The van der Waals surface area contributed by atoms with Gasteiger partial charge in [0.15, 0.2) is 16.6 Å². The number of Topliss-reactive ketones (excluding diaryl/α,β-unsaturated/α-hetero) is 1. The molecule has 0 bridgehead atoms. The van der Waals surface area contributed by atoms with Crippen LogP contribution >= 0.6 is 27.3 Å². The van der Waals surface area contributed by atoms with E-state index >= 15 is 0 Å². The number of ketones is 1. The van der Waals surface area contributed by atoms with Crippen molar-refractivity contribution in [2.24, 2.45) is 0 Å². The Kier molecular flexibility index (Phi) is 6.57. The zero-order valence-corrected chi connectivity index (χ0v) is 22.0. The van der Waals surface area contributed by atoms with E-state index < -0.39 is 17.7 Å². The maximum Gasteiger partial charge on any atom is 0.301 e. The number of nitrogens with zero attached hydrogens (tertiary/aromatic N) is 3. The lowest BCUT2D eigenvalue weighted by Crippen LogP contribution is -2.29. The number of aliphatic hydroxyl groups is 1. The number of pyridine rings is 1. The second-order valence-corrected chi connectivity index (χ2v) is 9.88. The van der Waals surface area contributed by atoms with Crippen molar-refractivity contribution >= 4 is 60.1 Å². The summed E-state index contributed by atoms with van der Waals surface area (Å²) >= 11 is 4.53. The van der Waals surface area contributed by atoms with Crippen molar-refractivity contribution in [3.63, 3.8) is 0 Å². The van der Waals surface area contributed by atoms with Crippen LogP contribution in [0.15, 0.2) is 64.9 Å². The van der Waals surface area contributed by atoms with E-state index in [0.29, 0.717) is 33.5 Å². The Hall–Kier alpha value is -3.96. The molecular formula is C26H20BrN3O6S. The van der Waals surface area contributed by atoms with Crippen LogP contribution < -0.4 is 14.4 Å². The lowest BCUT2D eigenvalue weighted by atomic mass is 9.95. The van der Waals surface area contributed by atoms with Crippen LogP contribution in [0, 0.1) is 0 Å². The maximum atomic E-state index is 13.5. The highest BCUT2D eigenvalue weighted by molar-refractivity contribution is 9.10. The number of rotatable bonds is 6. The molecule has 1 saturated heterocycles. The number of phenols is 1. The maximum absolute atomic E-state index is 13.5. The minimum Gasteiger partial charge on any atom is -0.507 e. The summed E-state index contributed by atoms with van der Waals surface area (Å²) < 4.78 is 11.9. The molecule has 0 radical (unpaired) electrons. The summed E-state index contributed by atoms with van der Waals surface area (Å²) in [5.41, 5.74) is 1.26. The van der Waals surface area contributed by atoms with Crippen LogP contribution in [0.2, 0.25) is 0 Å². The van der Waals surface area contributed by atoms with Crippen molar-refractivity contribution in [3.8, 4) is 17.2 Å². The molecule has 3 heterocycles. The molecule has 0 spiro atoms. The number of carbonyl (C=O) groups is 2. The van der Waals surface area contributed by atoms with Crippen molar-refractivity contribution in [2.45, 2.75) is 13.0 Å². The van der Waals surface area contributed by atoms with Gasteiger partial charge in [0, 0.05) is 18.0 Å². The molecular weight excluding hydrogens is 562 g/mol. The normalized spacial score (nSPS) is 16.9. The van der Waals surface area contributed by atoms with Gasteiger partial charge < -0.3 is 19.7 Å². The highest BCUT2D eigenvalue weighted by Crippen LogP contribution is 2.47. The van der Waals surface area contributed by atoms with E-state index in [4.69, 9.17) is 9.47 Å². The zero-order valence-electron chi connectivity index (χ0n) is 19.6. The number of thiazole rings is 1. The number of phenolic OH excluding ortho intramolecular Hbond substituents is 1. The molecule has 5 rings (SSSR count). The van der Waals surface area contributed by atoms with Gasteiger partial charge in [0.25, 0.3) is 5.78 Å². The summed E-state index contributed by atoms with van der Waals surface area (Å²) in [7, 11) is 1.39. The zero-order chi connectivity index (χ0) is 26.3. The Balaban J connectivity index is 1.74. The molecule has 1 atom stereocenters. The number of anilines is 1. The van der Waals surface area contributed by atoms with Gasteiger partial charge in [-0.2, -0.15) is 0 Å². The number of aromatic hydroxyl groups is 1. The number of fused-ring (bicyclic) bond motifs is 1. The van der Waals surface area contributed by atoms with Gasteiger partial charge in [-0.3, -0.25) is 19.5 Å². The largest absolute Gasteiger partial charge is 0.507 e. The summed E-state index contributed by atoms with van der Waals surface area (Å²) in [6.45, 7) is 2.38. The van der Waals surface area contributed by atoms with Gasteiger partial charge in [0.1, 0.15) is 11.5 Å². The summed E-state index contributed by atoms with van der Waals surface area (Å²) in [4.78, 5) is 36.7. The first-order valence-corrected chi connectivity index (χ1v) is 12.8. The molecule has 1 fully saturated rings. The lowest BCUT2D eigenvalue weighted by Gasteiger charge is -2.24. The SMILES string of the molecule is CCOc1ccc2nc(N3C(=O)C(=O)C(=C(O)c4ccncc4)C3c3cc(Br)c(O)c(OC)c3)sc2c1. The third-order valence-corrected chi connectivity index (χ3v) is 7.47. The van der Waals surface area contributed by atoms with E-state index in [1.54, 1.807) is 30.3 Å². The van der Waals surface area contributed by atoms with Crippen LogP contribution in [0.3, 0.4) is 0 Å². The molecule has 1 aliphatic heterocycles. The molecule has 2 N–H and O–H groups in total. The Morgan fingerprint density at radius 1 is 1.16 bits per heavy atom. The highest BCUT2D eigenvalue weighted by Gasteiger charge is 2.48. The van der Waals surface area contributed by atoms with E-state index in [1.165, 1.54) is 41.8 Å². The molecule has 1 aliphatic rings. The molecule has 4 aromatic rings. The number of ether oxygens (including phenoxy) is 2. The molecule has 9 nitrogen and oxygen atoms in total. The molecule has 1 amide bonds. The number of aliphatic hydroxyl groups excluding tert-OH is 1. The topological polar surface area (TPSA) is 122 Å². The van der Waals surface area contributed by atoms with E-state index in [0.717, 1.165) is 4.70 Å². The molecule has 11 heteroatoms. The van der Waals surface area contributed by atoms with Crippen LogP contribution in [0.4, 0.5) is 5.13 Å². The number of hydrogen-bond acceptors (Lipinski definition) is 9. The highest BCUT2D eigenvalue weighted by atomic mass is 79.9. The number of aromatic nitrogens is 2. The summed E-state index contributed by atoms with van der Waals surface area (Å²) in [6, 6.07) is 10.5. The molecule has 2 aromatic heterocycles. The summed E-state index contributed by atoms with van der Waals surface area (Å²) in [5, 5.41) is 21.8. The van der Waals surface area contributed by atoms with E-state index in [-0.39, 0.29) is 28.0 Å². The van der Waals surface area contributed by atoms with Crippen molar-refractivity contribution in [1.82, 2.24) is 9.97 Å². The quantitative estimate of drug-likeness (QED) is 0.181. The van der Waals surface area contributed by atoms with Gasteiger partial charge in [-0.1, -0.05) is 11.3 Å². The van der Waals surface area contributed by atoms with Crippen molar-refractivity contribution in [1.29, 1.82) is 0 Å². The Labute approximate surface area is 223 Å². The molecule has 0 aliphatic carbocycles. The number of hydrogen-bond donors (Lipinski definition) is 2. The van der Waals surface area contributed by atoms with Crippen molar-refractivity contribution in [3.05, 3.63) is 76.0 Å². The number of benzene rings is 2. The van der Waals surface area contributed by atoms with Gasteiger partial charge in [-0.25, -0.2) is 4.98 Å². The first kappa shape index (κ1) is 24.7. The number of halogens is 1. The average molecular weight is 582 g/mol. The smallest absolute Gasteiger partial charge is 0.301 e. The van der Waals surface area contributed by atoms with Crippen molar-refractivity contribution in [2.75, 3.05) is 18.6 Å². The number of methoxy groups -OCH3 is 1. The summed E-state index contributed by atoms with van der Waals surface area (Å²) in [5.74, 6) is -1.40. The van der Waals surface area contributed by atoms with Gasteiger partial charge in [-0.15, -0.1) is 0 Å². The van der Waals surface area contributed by atoms with Gasteiger partial charge in [0.05, 0.1) is 40.0 Å². The molecule has 2 aromatic carbocycles. The number of carbonyl (C=O) groups excluding carboxylic acids is 2. The Bertz CT molecular complexity index is 1570. The molecule has 37 heavy (non-hydrogen) atoms. The van der Waals surface area contributed by atoms with E-state index in [1.807, 2.05) is 13.0 Å². The van der Waals surface area contributed by atoms with Gasteiger partial charge >= 0.3 is 5.91 Å². The standard InChI is InChI=1S/C26H20BrN3O6S/c1-3-36-15-4-5-17-19(12-15)37-26(29-17)30-21(14-10-16(27)23(32)18(11-14)35-2)20(24(33)25(30)34)22(31)13-6-8-28-9-7-13/h4-12,21,31-32H,3H2,1-2H3. The second-order valence-electron chi connectivity index (χ2n) is 8.02. The van der Waals surface area contributed by atoms with Crippen LogP contribution in [0.5, 0.6) is 17.2 Å². The second kappa shape index (κ2) is 9.83. The van der Waals surface area contributed by atoms with E-state index in [9.17, 15) is 19.8 Å². The third-order valence-electron chi connectivity index (χ3n) is 5.85. The molecule has 0 saturated carbocycles. The van der Waals surface area contributed by atoms with E-state index in [2.05, 4.69) is 25.9 Å². The minimum absolute atomic E-state index is 0.120. The minimum atomic E-state index is -1.05. The van der Waals surface area contributed by atoms with Gasteiger partial charge in [-0.05, 0) is 70.9 Å². The van der Waals surface area contributed by atoms with Crippen LogP contribution in [-0.2, 0) is 9.59 Å². The first-order valence-electron chi connectivity index (χ1n) is 11.1.